The van der Waals surface area contributed by atoms with E-state index in [-0.39, 0.29) is 5.82 Å². The van der Waals surface area contributed by atoms with Gasteiger partial charge in [0.25, 0.3) is 0 Å². The number of aromatic nitrogens is 3. The minimum absolute atomic E-state index is 0.282. The molecule has 0 spiro atoms. The zero-order chi connectivity index (χ0) is 17.8. The molecule has 0 unspecified atom stereocenters. The molecule has 132 valence electrons. The number of hydrogen-bond donors (Lipinski definition) is 3. The molecule has 4 N–H and O–H groups in total. The van der Waals surface area contributed by atoms with Crippen LogP contribution in [-0.4, -0.2) is 49.2 Å². The van der Waals surface area contributed by atoms with E-state index in [0.717, 1.165) is 10.4 Å². The molecule has 0 aromatic carbocycles. The van der Waals surface area contributed by atoms with Gasteiger partial charge in [0.2, 0.25) is 0 Å². The number of fused-ring (bicyclic) bond motifs is 1. The van der Waals surface area contributed by atoms with Crippen molar-refractivity contribution in [3.05, 3.63) is 30.0 Å². The molecule has 0 saturated carbocycles. The van der Waals surface area contributed by atoms with E-state index in [1.165, 1.54) is 29.2 Å². The van der Waals surface area contributed by atoms with Gasteiger partial charge in [0.05, 0.1) is 12.0 Å². The topological polar surface area (TPSA) is 106 Å². The second-order valence-corrected chi connectivity index (χ2v) is 7.14. The number of thiophene rings is 1. The van der Waals surface area contributed by atoms with Gasteiger partial charge in [0.15, 0.2) is 11.9 Å². The number of hydrogen-bond acceptors (Lipinski definition) is 7. The van der Waals surface area contributed by atoms with Gasteiger partial charge >= 0.3 is 0 Å². The molecular weight excluding hydrogens is 347 g/mol. The lowest BCUT2D eigenvalue weighted by atomic mass is 9.98. The van der Waals surface area contributed by atoms with Crippen LogP contribution in [-0.2, 0) is 4.74 Å². The Hall–Kier alpha value is -2.07. The third-order valence-electron chi connectivity index (χ3n) is 4.57. The van der Waals surface area contributed by atoms with E-state index in [0.29, 0.717) is 11.0 Å². The summed E-state index contributed by atoms with van der Waals surface area (Å²) in [6.07, 6.45) is -0.607. The second-order valence-electron chi connectivity index (χ2n) is 6.19. The number of nitrogens with zero attached hydrogens (tertiary/aromatic N) is 3. The third kappa shape index (κ3) is 2.35. The molecule has 0 amide bonds. The Morgan fingerprint density at radius 1 is 1.48 bits per heavy atom. The van der Waals surface area contributed by atoms with Crippen LogP contribution >= 0.6 is 11.3 Å². The molecule has 4 rings (SSSR count). The summed E-state index contributed by atoms with van der Waals surface area (Å²) in [5.74, 6) is 0.282. The largest absolute Gasteiger partial charge is 0.394 e. The normalized spacial score (nSPS) is 29.5. The molecule has 4 atom stereocenters. The average molecular weight is 364 g/mol. The number of aliphatic hydroxyl groups is 2. The summed E-state index contributed by atoms with van der Waals surface area (Å²) in [6, 6.07) is 3.83. The molecule has 0 radical (unpaired) electrons. The minimum Gasteiger partial charge on any atom is -0.394 e. The predicted molar refractivity (Wildman–Crippen MR) is 91.8 cm³/mol. The fourth-order valence-corrected chi connectivity index (χ4v) is 4.01. The number of nitrogens with two attached hydrogens (primary N) is 1. The van der Waals surface area contributed by atoms with Crippen LogP contribution in [0.25, 0.3) is 21.5 Å². The number of anilines is 1. The van der Waals surface area contributed by atoms with Crippen molar-refractivity contribution in [2.24, 2.45) is 0 Å². The van der Waals surface area contributed by atoms with E-state index in [1.54, 1.807) is 6.20 Å². The van der Waals surface area contributed by atoms with E-state index >= 15 is 4.39 Å². The number of rotatable bonds is 3. The number of nitrogen functional groups attached to an aromatic ring is 1. The first-order valence-electron chi connectivity index (χ1n) is 7.73. The molecule has 4 heterocycles. The van der Waals surface area contributed by atoms with E-state index < -0.39 is 30.7 Å². The second kappa shape index (κ2) is 5.73. The third-order valence-corrected chi connectivity index (χ3v) is 5.48. The van der Waals surface area contributed by atoms with Gasteiger partial charge in [0.1, 0.15) is 30.0 Å². The van der Waals surface area contributed by atoms with E-state index in [4.69, 9.17) is 10.5 Å². The highest BCUT2D eigenvalue weighted by molar-refractivity contribution is 7.13. The van der Waals surface area contributed by atoms with Crippen LogP contribution in [0.3, 0.4) is 0 Å². The lowest BCUT2D eigenvalue weighted by Gasteiger charge is -2.25. The number of ether oxygens (including phenoxy) is 1. The molecule has 1 fully saturated rings. The van der Waals surface area contributed by atoms with Crippen LogP contribution in [0.15, 0.2) is 30.0 Å². The van der Waals surface area contributed by atoms with Gasteiger partial charge in [-0.2, -0.15) is 0 Å². The van der Waals surface area contributed by atoms with Crippen molar-refractivity contribution in [2.45, 2.75) is 31.0 Å². The van der Waals surface area contributed by atoms with E-state index in [9.17, 15) is 10.2 Å². The number of alkyl halides is 1. The number of aliphatic hydroxyl groups excluding tert-OH is 2. The summed E-state index contributed by atoms with van der Waals surface area (Å²) in [5, 5.41) is 22.0. The van der Waals surface area contributed by atoms with Crippen molar-refractivity contribution in [3.8, 4) is 10.4 Å². The molecule has 7 nitrogen and oxygen atoms in total. The molecule has 1 saturated heterocycles. The first-order chi connectivity index (χ1) is 11.9. The van der Waals surface area contributed by atoms with Crippen LogP contribution in [0, 0.1) is 0 Å². The maximum atomic E-state index is 15.2. The average Bonchev–Trinajstić information content (AvgIpc) is 3.27. The molecule has 9 heteroatoms. The van der Waals surface area contributed by atoms with Crippen LogP contribution in [0.4, 0.5) is 10.2 Å². The zero-order valence-corrected chi connectivity index (χ0v) is 14.2. The molecule has 1 aliphatic heterocycles. The summed E-state index contributed by atoms with van der Waals surface area (Å²) >= 11 is 1.51. The smallest absolute Gasteiger partial charge is 0.181 e. The standard InChI is InChI=1S/C16H17FN4O3S/c1-16(17)12(23)9(6-22)24-15(16)21-5-8(10-3-2-4-25-10)11-13(18)19-7-20-14(11)21/h2-5,7,9,12,15,22-23H,6H2,1H3,(H2,18,19,20)/t9-,12-,15-,16-/m1/s1. The summed E-state index contributed by atoms with van der Waals surface area (Å²) in [4.78, 5) is 9.21. The molecule has 0 aliphatic carbocycles. The maximum absolute atomic E-state index is 15.2. The molecular formula is C16H17FN4O3S. The Morgan fingerprint density at radius 2 is 2.28 bits per heavy atom. The lowest BCUT2D eigenvalue weighted by molar-refractivity contribution is -0.0563. The maximum Gasteiger partial charge on any atom is 0.181 e. The quantitative estimate of drug-likeness (QED) is 0.653. The van der Waals surface area contributed by atoms with Crippen LogP contribution in [0.2, 0.25) is 0 Å². The Morgan fingerprint density at radius 3 is 2.92 bits per heavy atom. The SMILES string of the molecule is C[C@@]1(F)[C@H](O)[C@@H](CO)O[C@H]1n1cc(-c2cccs2)c2c(N)ncnc21. The fraction of sp³-hybridized carbons (Fsp3) is 0.375. The van der Waals surface area contributed by atoms with Crippen molar-refractivity contribution in [1.82, 2.24) is 14.5 Å². The van der Waals surface area contributed by atoms with Gasteiger partial charge in [-0.25, -0.2) is 14.4 Å². The number of halogens is 1. The van der Waals surface area contributed by atoms with Crippen molar-refractivity contribution in [1.29, 1.82) is 0 Å². The molecule has 3 aromatic heterocycles. The van der Waals surface area contributed by atoms with E-state index in [1.807, 2.05) is 17.5 Å². The Balaban J connectivity index is 1.93. The van der Waals surface area contributed by atoms with Gasteiger partial charge in [-0.05, 0) is 18.4 Å². The van der Waals surface area contributed by atoms with Gasteiger partial charge in [-0.1, -0.05) is 6.07 Å². The summed E-state index contributed by atoms with van der Waals surface area (Å²) < 4.78 is 22.3. The highest BCUT2D eigenvalue weighted by Crippen LogP contribution is 2.45. The highest BCUT2D eigenvalue weighted by atomic mass is 32.1. The lowest BCUT2D eigenvalue weighted by Crippen LogP contribution is -2.40. The molecule has 1 aliphatic rings. The first-order valence-corrected chi connectivity index (χ1v) is 8.61. The van der Waals surface area contributed by atoms with Gasteiger partial charge in [-0.15, -0.1) is 11.3 Å². The predicted octanol–water partition coefficient (Wildman–Crippen LogP) is 1.72. The van der Waals surface area contributed by atoms with Gasteiger partial charge in [0, 0.05) is 16.6 Å². The summed E-state index contributed by atoms with van der Waals surface area (Å²) in [5.41, 5.74) is 5.11. The van der Waals surface area contributed by atoms with Crippen molar-refractivity contribution in [2.75, 3.05) is 12.3 Å². The van der Waals surface area contributed by atoms with Crippen molar-refractivity contribution in [3.63, 3.8) is 0 Å². The van der Waals surface area contributed by atoms with Gasteiger partial charge in [-0.3, -0.25) is 0 Å². The first kappa shape index (κ1) is 16.4. The molecule has 0 bridgehead atoms. The summed E-state index contributed by atoms with van der Waals surface area (Å²) in [6.45, 7) is 0.768. The monoisotopic (exact) mass is 364 g/mol. The summed E-state index contributed by atoms with van der Waals surface area (Å²) in [7, 11) is 0. The molecule has 3 aromatic rings. The van der Waals surface area contributed by atoms with Crippen LogP contribution in [0.1, 0.15) is 13.2 Å². The zero-order valence-electron chi connectivity index (χ0n) is 13.3. The van der Waals surface area contributed by atoms with Crippen molar-refractivity contribution < 1.29 is 19.3 Å². The van der Waals surface area contributed by atoms with E-state index in [2.05, 4.69) is 9.97 Å². The minimum atomic E-state index is -2.11. The highest BCUT2D eigenvalue weighted by Gasteiger charge is 2.55. The van der Waals surface area contributed by atoms with Crippen LogP contribution in [0.5, 0.6) is 0 Å². The van der Waals surface area contributed by atoms with Crippen LogP contribution < -0.4 is 5.73 Å². The Labute approximate surface area is 146 Å². The molecule has 25 heavy (non-hydrogen) atoms. The Kier molecular flexibility index (Phi) is 3.76. The van der Waals surface area contributed by atoms with Crippen molar-refractivity contribution >= 4 is 28.2 Å². The fourth-order valence-electron chi connectivity index (χ4n) is 3.27. The van der Waals surface area contributed by atoms with Gasteiger partial charge < -0.3 is 25.3 Å². The Bertz CT molecular complexity index is 912.